The molecule has 1 fully saturated rings. The highest BCUT2D eigenvalue weighted by atomic mass is 16.3. The Morgan fingerprint density at radius 2 is 1.44 bits per heavy atom. The van der Waals surface area contributed by atoms with Crippen molar-refractivity contribution in [2.45, 2.75) is 106 Å². The highest BCUT2D eigenvalue weighted by Gasteiger charge is 2.49. The minimum Gasteiger partial charge on any atom is -0.393 e. The van der Waals surface area contributed by atoms with Crippen molar-refractivity contribution in [3.63, 3.8) is 0 Å². The third-order valence-corrected chi connectivity index (χ3v) is 9.10. The van der Waals surface area contributed by atoms with E-state index < -0.39 is 17.8 Å². The smallest absolute Gasteiger partial charge is 0.158 e. The lowest BCUT2D eigenvalue weighted by atomic mass is 9.59. The Bertz CT molecular complexity index is 1340. The van der Waals surface area contributed by atoms with Gasteiger partial charge in [-0.05, 0) is 75.9 Å². The van der Waals surface area contributed by atoms with Crippen LogP contribution in [0.1, 0.15) is 88.0 Å². The maximum Gasteiger partial charge on any atom is 0.158 e. The molecule has 246 valence electrons. The Labute approximate surface area is 272 Å². The molecule has 1 saturated carbocycles. The predicted octanol–water partition coefficient (Wildman–Crippen LogP) is 7.28. The summed E-state index contributed by atoms with van der Waals surface area (Å²) in [7, 11) is 0. The molecule has 0 aliphatic heterocycles. The number of allylic oxidation sites excluding steroid dienone is 14. The highest BCUT2D eigenvalue weighted by Crippen LogP contribution is 2.48. The second kappa shape index (κ2) is 16.5. The van der Waals surface area contributed by atoms with Crippen LogP contribution in [0.25, 0.3) is 0 Å². The van der Waals surface area contributed by atoms with Crippen molar-refractivity contribution in [1.82, 2.24) is 0 Å². The van der Waals surface area contributed by atoms with Crippen LogP contribution >= 0.6 is 0 Å². The average Bonchev–Trinajstić information content (AvgIpc) is 2.90. The molecule has 45 heavy (non-hydrogen) atoms. The molecule has 0 aromatic heterocycles. The first kappa shape index (κ1) is 38.2. The molecule has 3 unspecified atom stereocenters. The minimum atomic E-state index is -1.08. The van der Waals surface area contributed by atoms with Crippen LogP contribution < -0.4 is 0 Å². The van der Waals surface area contributed by atoms with Crippen molar-refractivity contribution in [3.05, 3.63) is 94.7 Å². The van der Waals surface area contributed by atoms with Crippen molar-refractivity contribution in [1.29, 1.82) is 0 Å². The van der Waals surface area contributed by atoms with Crippen molar-refractivity contribution in [3.8, 4) is 11.8 Å². The minimum absolute atomic E-state index is 0.0127. The van der Waals surface area contributed by atoms with Crippen LogP contribution in [0.2, 0.25) is 0 Å². The van der Waals surface area contributed by atoms with Crippen LogP contribution in [0.3, 0.4) is 0 Å². The Hall–Kier alpha value is -3.01. The lowest BCUT2D eigenvalue weighted by Crippen LogP contribution is -2.52. The molecule has 5 heteroatoms. The summed E-state index contributed by atoms with van der Waals surface area (Å²) in [6.45, 7) is 17.7. The number of hydrogen-bond donors (Lipinski definition) is 4. The second-order valence-electron chi connectivity index (χ2n) is 14.6. The number of Topliss-reactive ketones (excluding diaryl/α,β-unsaturated/α-hetero) is 1. The van der Waals surface area contributed by atoms with Gasteiger partial charge in [0.05, 0.1) is 24.4 Å². The monoisotopic (exact) mass is 616 g/mol. The molecule has 0 spiro atoms. The molecule has 2 aliphatic rings. The van der Waals surface area contributed by atoms with E-state index in [9.17, 15) is 25.2 Å². The zero-order valence-electron chi connectivity index (χ0n) is 28.9. The van der Waals surface area contributed by atoms with Crippen LogP contribution in [0, 0.1) is 34.5 Å². The molecule has 0 heterocycles. The fourth-order valence-corrected chi connectivity index (χ4v) is 6.74. The van der Waals surface area contributed by atoms with Crippen LogP contribution in [0.4, 0.5) is 0 Å². The van der Waals surface area contributed by atoms with Gasteiger partial charge in [0.25, 0.3) is 0 Å². The lowest BCUT2D eigenvalue weighted by Gasteiger charge is -2.49. The van der Waals surface area contributed by atoms with Crippen LogP contribution in [-0.4, -0.2) is 50.6 Å². The number of aliphatic hydroxyl groups excluding tert-OH is 3. The molecule has 4 N–H and O–H groups in total. The van der Waals surface area contributed by atoms with Gasteiger partial charge in [-0.25, -0.2) is 0 Å². The average molecular weight is 617 g/mol. The molecule has 0 saturated heterocycles. The van der Waals surface area contributed by atoms with E-state index in [0.29, 0.717) is 30.4 Å². The van der Waals surface area contributed by atoms with Crippen molar-refractivity contribution in [2.24, 2.45) is 22.7 Å². The van der Waals surface area contributed by atoms with Gasteiger partial charge in [-0.2, -0.15) is 0 Å². The van der Waals surface area contributed by atoms with E-state index in [0.717, 1.165) is 16.7 Å². The lowest BCUT2D eigenvalue weighted by molar-refractivity contribution is -0.143. The molecular weight excluding hydrogens is 560 g/mol. The summed E-state index contributed by atoms with van der Waals surface area (Å²) in [5.74, 6) is 6.27. The molecule has 0 amide bonds. The van der Waals surface area contributed by atoms with Gasteiger partial charge in [-0.3, -0.25) is 4.79 Å². The molecule has 0 aromatic carbocycles. The third-order valence-electron chi connectivity index (χ3n) is 9.10. The molecule has 0 bridgehead atoms. The molecular formula is C40H56O5. The van der Waals surface area contributed by atoms with Crippen molar-refractivity contribution in [2.75, 3.05) is 6.61 Å². The summed E-state index contributed by atoms with van der Waals surface area (Å²) in [5.41, 5.74) is 2.89. The van der Waals surface area contributed by atoms with E-state index in [1.54, 1.807) is 13.8 Å². The van der Waals surface area contributed by atoms with Gasteiger partial charge in [-0.1, -0.05) is 117 Å². The third kappa shape index (κ3) is 12.0. The summed E-state index contributed by atoms with van der Waals surface area (Å²) < 4.78 is 0. The zero-order chi connectivity index (χ0) is 34.0. The van der Waals surface area contributed by atoms with Gasteiger partial charge < -0.3 is 20.4 Å². The summed E-state index contributed by atoms with van der Waals surface area (Å²) in [6, 6.07) is 0. The topological polar surface area (TPSA) is 98.0 Å². The van der Waals surface area contributed by atoms with Gasteiger partial charge in [0.2, 0.25) is 0 Å². The summed E-state index contributed by atoms with van der Waals surface area (Å²) in [5, 5.41) is 40.9. The molecule has 0 aromatic rings. The summed E-state index contributed by atoms with van der Waals surface area (Å²) in [4.78, 5) is 12.9. The maximum atomic E-state index is 12.9. The number of carbonyl (C=O) groups is 1. The second-order valence-corrected chi connectivity index (χ2v) is 14.6. The number of aliphatic hydroxyl groups is 4. The molecule has 2 aliphatic carbocycles. The standard InChI is InChI=1S/C40H56O5/c1-28(16-12-18-30(3)36(44)23-37-39(7,8)25-34(43)26-40(37,9)45)14-10-11-15-29(2)17-13-19-32(27-41)20-21-35-31(4)22-33(42)24-38(35,5)6/h10-19,22,33-35,37,41-43,45H,23-27H2,1-9H3/b11-10+,16-12+,17-13+,28-14+,29-15+,30-18+,32-19-/t33-,34+,35?,37?,40?/m0/s1. The number of hydrogen-bond acceptors (Lipinski definition) is 5. The van der Waals surface area contributed by atoms with E-state index in [1.165, 1.54) is 0 Å². The highest BCUT2D eigenvalue weighted by molar-refractivity contribution is 5.95. The predicted molar refractivity (Wildman–Crippen MR) is 186 cm³/mol. The first-order chi connectivity index (χ1) is 20.9. The van der Waals surface area contributed by atoms with Crippen molar-refractivity contribution < 1.29 is 25.2 Å². The van der Waals surface area contributed by atoms with E-state index in [-0.39, 0.29) is 41.5 Å². The summed E-state index contributed by atoms with van der Waals surface area (Å²) in [6.07, 6.45) is 21.9. The van der Waals surface area contributed by atoms with Gasteiger partial charge >= 0.3 is 0 Å². The van der Waals surface area contributed by atoms with E-state index in [2.05, 4.69) is 25.7 Å². The maximum absolute atomic E-state index is 12.9. The van der Waals surface area contributed by atoms with E-state index in [1.807, 2.05) is 101 Å². The van der Waals surface area contributed by atoms with Crippen LogP contribution in [0.15, 0.2) is 94.7 Å². The van der Waals surface area contributed by atoms with E-state index >= 15 is 0 Å². The molecule has 5 atom stereocenters. The molecule has 0 radical (unpaired) electrons. The van der Waals surface area contributed by atoms with Gasteiger partial charge in [0, 0.05) is 24.3 Å². The van der Waals surface area contributed by atoms with Gasteiger partial charge in [-0.15, -0.1) is 0 Å². The van der Waals surface area contributed by atoms with Crippen molar-refractivity contribution >= 4 is 5.78 Å². The number of rotatable bonds is 10. The summed E-state index contributed by atoms with van der Waals surface area (Å²) >= 11 is 0. The first-order valence-corrected chi connectivity index (χ1v) is 16.0. The van der Waals surface area contributed by atoms with E-state index in [4.69, 9.17) is 0 Å². The quantitative estimate of drug-likeness (QED) is 0.0895. The Morgan fingerprint density at radius 1 is 0.867 bits per heavy atom. The van der Waals surface area contributed by atoms with Crippen LogP contribution in [-0.2, 0) is 4.79 Å². The van der Waals surface area contributed by atoms with Gasteiger partial charge in [0.1, 0.15) is 0 Å². The van der Waals surface area contributed by atoms with Gasteiger partial charge in [0.15, 0.2) is 5.78 Å². The largest absolute Gasteiger partial charge is 0.393 e. The Kier molecular flexibility index (Phi) is 14.0. The fraction of sp³-hybridized carbons (Fsp3) is 0.525. The first-order valence-electron chi connectivity index (χ1n) is 16.0. The molecule has 2 rings (SSSR count). The Morgan fingerprint density at radius 3 is 1.98 bits per heavy atom. The number of ketones is 1. The SMILES string of the molecule is CC1=C[C@H](O)CC(C)(C)C1C#C/C(=C/C=C/C(C)=C/C=C/C=C(C)/C=C/C=C(\C)C(=O)CC1C(C)(C)C[C@@H](O)CC1(C)O)CO. The Balaban J connectivity index is 1.95. The van der Waals surface area contributed by atoms with Crippen LogP contribution in [0.5, 0.6) is 0 Å². The normalized spacial score (nSPS) is 29.7. The zero-order valence-corrected chi connectivity index (χ0v) is 28.9. The fourth-order valence-electron chi connectivity index (χ4n) is 6.74. The number of carbonyl (C=O) groups excluding carboxylic acids is 1. The molecule has 5 nitrogen and oxygen atoms in total.